The monoisotopic (exact) mass is 490 g/mol. The van der Waals surface area contributed by atoms with Crippen LogP contribution in [-0.2, 0) is 14.8 Å². The normalized spacial score (nSPS) is 11.4. The molecule has 0 aromatic heterocycles. The molecular formula is C23H20Cl2N2O4S. The molecule has 0 bridgehead atoms. The van der Waals surface area contributed by atoms with Crippen molar-refractivity contribution < 1.29 is 17.9 Å². The average molecular weight is 491 g/mol. The zero-order valence-electron chi connectivity index (χ0n) is 17.2. The summed E-state index contributed by atoms with van der Waals surface area (Å²) in [5, 5.41) is 3.46. The molecule has 0 fully saturated rings. The van der Waals surface area contributed by atoms with E-state index in [9.17, 15) is 13.2 Å². The van der Waals surface area contributed by atoms with Crippen molar-refractivity contribution in [2.75, 3.05) is 17.1 Å². The molecule has 0 unspecified atom stereocenters. The van der Waals surface area contributed by atoms with Gasteiger partial charge in [0, 0.05) is 11.8 Å². The van der Waals surface area contributed by atoms with E-state index in [1.165, 1.54) is 19.3 Å². The highest BCUT2D eigenvalue weighted by molar-refractivity contribution is 7.92. The first-order valence-corrected chi connectivity index (χ1v) is 11.6. The molecule has 0 atom stereocenters. The number of carbonyl (C=O) groups is 1. The van der Waals surface area contributed by atoms with Crippen LogP contribution in [0.5, 0.6) is 5.75 Å². The van der Waals surface area contributed by atoms with Gasteiger partial charge in [-0.3, -0.25) is 9.52 Å². The Morgan fingerprint density at radius 1 is 1.00 bits per heavy atom. The third-order valence-corrected chi connectivity index (χ3v) is 6.71. The highest BCUT2D eigenvalue weighted by Gasteiger charge is 2.19. The van der Waals surface area contributed by atoms with Gasteiger partial charge in [0.25, 0.3) is 10.0 Å². The summed E-state index contributed by atoms with van der Waals surface area (Å²) in [6, 6.07) is 16.3. The molecule has 0 aliphatic carbocycles. The molecule has 2 N–H and O–H groups in total. The maximum absolute atomic E-state index is 13.0. The molecule has 3 aromatic rings. The van der Waals surface area contributed by atoms with E-state index in [-0.39, 0.29) is 4.90 Å². The van der Waals surface area contributed by atoms with Crippen molar-refractivity contribution in [2.45, 2.75) is 11.8 Å². The Bertz CT molecular complexity index is 1290. The molecule has 9 heteroatoms. The smallest absolute Gasteiger partial charge is 0.262 e. The summed E-state index contributed by atoms with van der Waals surface area (Å²) in [5.41, 5.74) is 1.87. The lowest BCUT2D eigenvalue weighted by molar-refractivity contribution is -0.111. The SMILES string of the molecule is COc1ccccc1NS(=O)(=O)c1cc(NC(=O)C=Cc2ccc(Cl)c(Cl)c2)ccc1C. The summed E-state index contributed by atoms with van der Waals surface area (Å²) < 4.78 is 33.7. The summed E-state index contributed by atoms with van der Waals surface area (Å²) in [6.07, 6.45) is 2.90. The zero-order chi connectivity index (χ0) is 23.3. The van der Waals surface area contributed by atoms with E-state index in [4.69, 9.17) is 27.9 Å². The van der Waals surface area contributed by atoms with E-state index < -0.39 is 15.9 Å². The maximum Gasteiger partial charge on any atom is 0.262 e. The number of benzene rings is 3. The first-order valence-electron chi connectivity index (χ1n) is 9.40. The summed E-state index contributed by atoms with van der Waals surface area (Å²) in [7, 11) is -2.47. The second-order valence-corrected chi connectivity index (χ2v) is 9.25. The molecule has 0 aliphatic rings. The third-order valence-electron chi connectivity index (χ3n) is 4.47. The Balaban J connectivity index is 1.79. The van der Waals surface area contributed by atoms with Gasteiger partial charge in [-0.05, 0) is 60.5 Å². The van der Waals surface area contributed by atoms with Crippen LogP contribution in [0.3, 0.4) is 0 Å². The number of amides is 1. The van der Waals surface area contributed by atoms with Crippen LogP contribution in [0, 0.1) is 6.92 Å². The molecule has 0 heterocycles. The fourth-order valence-corrected chi connectivity index (χ4v) is 4.52. The van der Waals surface area contributed by atoms with Crippen LogP contribution < -0.4 is 14.8 Å². The number of aryl methyl sites for hydroxylation is 1. The fraction of sp³-hybridized carbons (Fsp3) is 0.0870. The summed E-state index contributed by atoms with van der Waals surface area (Å²) in [4.78, 5) is 12.4. The standard InChI is InChI=1S/C23H20Cl2N2O4S/c1-15-7-10-17(26-23(28)12-9-16-8-11-18(24)19(25)13-16)14-22(15)32(29,30)27-20-5-3-4-6-21(20)31-2/h3-14,27H,1-2H3,(H,26,28). The van der Waals surface area contributed by atoms with Gasteiger partial charge in [-0.15, -0.1) is 0 Å². The fourth-order valence-electron chi connectivity index (χ4n) is 2.87. The molecule has 0 spiro atoms. The van der Waals surface area contributed by atoms with Gasteiger partial charge >= 0.3 is 0 Å². The molecule has 3 rings (SSSR count). The second-order valence-electron chi connectivity index (χ2n) is 6.78. The quantitative estimate of drug-likeness (QED) is 0.412. The number of para-hydroxylation sites is 2. The Hall–Kier alpha value is -3.00. The highest BCUT2D eigenvalue weighted by atomic mass is 35.5. The molecule has 6 nitrogen and oxygen atoms in total. The van der Waals surface area contributed by atoms with Crippen molar-refractivity contribution in [3.05, 3.63) is 87.9 Å². The number of anilines is 2. The van der Waals surface area contributed by atoms with Crippen molar-refractivity contribution in [1.29, 1.82) is 0 Å². The van der Waals surface area contributed by atoms with Crippen molar-refractivity contribution in [3.8, 4) is 5.75 Å². The van der Waals surface area contributed by atoms with Gasteiger partial charge in [-0.2, -0.15) is 0 Å². The zero-order valence-corrected chi connectivity index (χ0v) is 19.6. The minimum atomic E-state index is -3.93. The van der Waals surface area contributed by atoms with Crippen molar-refractivity contribution in [2.24, 2.45) is 0 Å². The number of nitrogens with one attached hydrogen (secondary N) is 2. The predicted molar refractivity (Wildman–Crippen MR) is 129 cm³/mol. The minimum absolute atomic E-state index is 0.0367. The van der Waals surface area contributed by atoms with Crippen molar-refractivity contribution >= 4 is 56.6 Å². The van der Waals surface area contributed by atoms with Crippen LogP contribution in [-0.4, -0.2) is 21.4 Å². The Kier molecular flexibility index (Phi) is 7.45. The Morgan fingerprint density at radius 2 is 1.75 bits per heavy atom. The minimum Gasteiger partial charge on any atom is -0.495 e. The van der Waals surface area contributed by atoms with Crippen LogP contribution >= 0.6 is 23.2 Å². The molecule has 32 heavy (non-hydrogen) atoms. The molecule has 1 amide bonds. The lowest BCUT2D eigenvalue weighted by Crippen LogP contribution is -2.16. The van der Waals surface area contributed by atoms with E-state index >= 15 is 0 Å². The second kappa shape index (κ2) is 10.1. The largest absolute Gasteiger partial charge is 0.495 e. The highest BCUT2D eigenvalue weighted by Crippen LogP contribution is 2.28. The number of methoxy groups -OCH3 is 1. The number of ether oxygens (including phenoxy) is 1. The average Bonchev–Trinajstić information content (AvgIpc) is 2.76. The number of halogens is 2. The van der Waals surface area contributed by atoms with E-state index in [2.05, 4.69) is 10.0 Å². The molecule has 166 valence electrons. The van der Waals surface area contributed by atoms with Gasteiger partial charge in [0.1, 0.15) is 5.75 Å². The summed E-state index contributed by atoms with van der Waals surface area (Å²) >= 11 is 11.9. The van der Waals surface area contributed by atoms with Crippen molar-refractivity contribution in [3.63, 3.8) is 0 Å². The number of carbonyl (C=O) groups excluding carboxylic acids is 1. The molecule has 0 saturated heterocycles. The van der Waals surface area contributed by atoms with Crippen LogP contribution in [0.25, 0.3) is 6.08 Å². The van der Waals surface area contributed by atoms with Crippen molar-refractivity contribution in [1.82, 2.24) is 0 Å². The van der Waals surface area contributed by atoms with Gasteiger partial charge < -0.3 is 10.1 Å². The van der Waals surface area contributed by atoms with E-state index in [0.717, 1.165) is 0 Å². The van der Waals surface area contributed by atoms with Gasteiger partial charge in [-0.1, -0.05) is 47.5 Å². The number of hydrogen-bond donors (Lipinski definition) is 2. The first-order chi connectivity index (χ1) is 15.2. The molecule has 3 aromatic carbocycles. The van der Waals surface area contributed by atoms with E-state index in [0.29, 0.717) is 38.3 Å². The first kappa shape index (κ1) is 23.7. The number of sulfonamides is 1. The van der Waals surface area contributed by atoms with Gasteiger partial charge in [0.15, 0.2) is 0 Å². The number of hydrogen-bond acceptors (Lipinski definition) is 4. The van der Waals surface area contributed by atoms with Crippen LogP contribution in [0.2, 0.25) is 10.0 Å². The Morgan fingerprint density at radius 3 is 2.47 bits per heavy atom. The van der Waals surface area contributed by atoms with Crippen LogP contribution in [0.1, 0.15) is 11.1 Å². The molecule has 0 aliphatic heterocycles. The number of rotatable bonds is 7. The topological polar surface area (TPSA) is 84.5 Å². The third kappa shape index (κ3) is 5.82. The summed E-state index contributed by atoms with van der Waals surface area (Å²) in [6.45, 7) is 1.67. The molecule has 0 radical (unpaired) electrons. The predicted octanol–water partition coefficient (Wildman–Crippen LogP) is 5.76. The van der Waals surface area contributed by atoms with Crippen LogP contribution in [0.15, 0.2) is 71.6 Å². The van der Waals surface area contributed by atoms with Crippen LogP contribution in [0.4, 0.5) is 11.4 Å². The lowest BCUT2D eigenvalue weighted by atomic mass is 10.2. The van der Waals surface area contributed by atoms with E-state index in [1.807, 2.05) is 0 Å². The molecule has 0 saturated carbocycles. The van der Waals surface area contributed by atoms with Gasteiger partial charge in [0.2, 0.25) is 5.91 Å². The maximum atomic E-state index is 13.0. The lowest BCUT2D eigenvalue weighted by Gasteiger charge is -2.14. The molecular weight excluding hydrogens is 471 g/mol. The summed E-state index contributed by atoms with van der Waals surface area (Å²) in [5.74, 6) is -0.0356. The Labute approximate surface area is 196 Å². The van der Waals surface area contributed by atoms with E-state index in [1.54, 1.807) is 67.6 Å². The van der Waals surface area contributed by atoms with Gasteiger partial charge in [-0.25, -0.2) is 8.42 Å². The van der Waals surface area contributed by atoms with Gasteiger partial charge in [0.05, 0.1) is 27.7 Å².